The number of rotatable bonds is 7. The summed E-state index contributed by atoms with van der Waals surface area (Å²) in [5.41, 5.74) is 0. The summed E-state index contributed by atoms with van der Waals surface area (Å²) in [6.45, 7) is 2.16. The number of aliphatic hydroxyl groups is 1. The van der Waals surface area contributed by atoms with Gasteiger partial charge in [-0.3, -0.25) is 0 Å². The van der Waals surface area contributed by atoms with Crippen molar-refractivity contribution in [2.45, 2.75) is 37.5 Å². The minimum absolute atomic E-state index is 0.709. The van der Waals surface area contributed by atoms with Gasteiger partial charge in [0, 0.05) is 0 Å². The molecule has 3 rings (SSSR count). The third-order valence-corrected chi connectivity index (χ3v) is 13.0. The van der Waals surface area contributed by atoms with Crippen molar-refractivity contribution in [1.29, 1.82) is 0 Å². The summed E-state index contributed by atoms with van der Waals surface area (Å²) in [5, 5.41) is 11.2. The van der Waals surface area contributed by atoms with E-state index in [1.165, 1.54) is 0 Å². The Balaban J connectivity index is 2.05. The second-order valence-corrected chi connectivity index (χ2v) is 13.6. The molecule has 0 radical (unpaired) electrons. The average Bonchev–Trinajstić information content (AvgIpc) is 3.39. The molecular formula is C20H22GeO4. The fourth-order valence-electron chi connectivity index (χ4n) is 3.02. The predicted octanol–water partition coefficient (Wildman–Crippen LogP) is 2.42. The first kappa shape index (κ1) is 17.7. The number of unbranched alkanes of at least 4 members (excludes halogenated alkanes) is 3. The van der Waals surface area contributed by atoms with Gasteiger partial charge in [-0.05, 0) is 0 Å². The molecule has 130 valence electrons. The molecule has 25 heavy (non-hydrogen) atoms. The minimum atomic E-state index is -3.73. The van der Waals surface area contributed by atoms with E-state index in [0.29, 0.717) is 13.8 Å². The normalized spacial score (nSPS) is 12.6. The van der Waals surface area contributed by atoms with Gasteiger partial charge in [-0.1, -0.05) is 0 Å². The van der Waals surface area contributed by atoms with Gasteiger partial charge in [-0.25, -0.2) is 0 Å². The van der Waals surface area contributed by atoms with Crippen LogP contribution in [0.4, 0.5) is 0 Å². The predicted molar refractivity (Wildman–Crippen MR) is 98.7 cm³/mol. The van der Waals surface area contributed by atoms with Crippen LogP contribution in [0.3, 0.4) is 0 Å². The molecule has 0 fully saturated rings. The Morgan fingerprint density at radius 2 is 1.44 bits per heavy atom. The van der Waals surface area contributed by atoms with Gasteiger partial charge in [0.15, 0.2) is 0 Å². The van der Waals surface area contributed by atoms with Gasteiger partial charge in [0.1, 0.15) is 0 Å². The third-order valence-electron chi connectivity index (χ3n) is 4.28. The van der Waals surface area contributed by atoms with Crippen molar-refractivity contribution < 1.29 is 18.4 Å². The van der Waals surface area contributed by atoms with Crippen molar-refractivity contribution in [3.05, 3.63) is 55.2 Å². The van der Waals surface area contributed by atoms with Crippen LogP contribution in [0.5, 0.6) is 0 Å². The molecule has 0 aliphatic carbocycles. The van der Waals surface area contributed by atoms with Gasteiger partial charge < -0.3 is 0 Å². The fraction of sp³-hybridized carbons (Fsp3) is 0.300. The molecule has 1 N–H and O–H groups in total. The van der Waals surface area contributed by atoms with E-state index in [9.17, 15) is 5.11 Å². The van der Waals surface area contributed by atoms with Crippen LogP contribution in [0.1, 0.15) is 32.6 Å². The molecule has 3 aromatic heterocycles. The van der Waals surface area contributed by atoms with Crippen molar-refractivity contribution in [2.75, 3.05) is 0 Å². The zero-order valence-electron chi connectivity index (χ0n) is 14.3. The van der Waals surface area contributed by atoms with E-state index in [2.05, 4.69) is 18.8 Å². The van der Waals surface area contributed by atoms with Crippen LogP contribution in [0.2, 0.25) is 0 Å². The van der Waals surface area contributed by atoms with E-state index >= 15 is 0 Å². The maximum absolute atomic E-state index is 11.2. The molecule has 0 bridgehead atoms. The Morgan fingerprint density at radius 3 is 1.84 bits per heavy atom. The molecule has 3 heterocycles. The average molecular weight is 399 g/mol. The number of hydrogen-bond donors (Lipinski definition) is 1. The fourth-order valence-corrected chi connectivity index (χ4v) is 10.8. The van der Waals surface area contributed by atoms with Gasteiger partial charge in [0.25, 0.3) is 0 Å². The van der Waals surface area contributed by atoms with E-state index in [0.717, 1.165) is 25.7 Å². The van der Waals surface area contributed by atoms with Crippen LogP contribution >= 0.6 is 0 Å². The standard InChI is InChI=1S/C20H22GeO4/c1-2-3-4-5-6-10-17(22)21(18-11-7-14-23-18,19-12-8-15-24-19)20-13-9-16-25-20/h7-9,11-17,22H,2-5H2,1H3. The third kappa shape index (κ3) is 3.48. The Hall–Kier alpha value is -2.10. The first-order chi connectivity index (χ1) is 12.3. The van der Waals surface area contributed by atoms with Crippen molar-refractivity contribution in [1.82, 2.24) is 0 Å². The van der Waals surface area contributed by atoms with Crippen LogP contribution in [-0.2, 0) is 0 Å². The van der Waals surface area contributed by atoms with Crippen LogP contribution in [0, 0.1) is 11.8 Å². The zero-order valence-corrected chi connectivity index (χ0v) is 16.4. The van der Waals surface area contributed by atoms with Crippen molar-refractivity contribution in [3.63, 3.8) is 0 Å². The van der Waals surface area contributed by atoms with E-state index in [1.807, 2.05) is 36.4 Å². The first-order valence-electron chi connectivity index (χ1n) is 8.58. The molecule has 1 unspecified atom stereocenters. The summed E-state index contributed by atoms with van der Waals surface area (Å²) in [4.78, 5) is -0.884. The van der Waals surface area contributed by atoms with E-state index in [-0.39, 0.29) is 0 Å². The second-order valence-electron chi connectivity index (χ2n) is 5.92. The Bertz CT molecular complexity index is 708. The van der Waals surface area contributed by atoms with Gasteiger partial charge in [0.2, 0.25) is 0 Å². The molecule has 4 nitrogen and oxygen atoms in total. The van der Waals surface area contributed by atoms with Crippen LogP contribution in [0.15, 0.2) is 68.4 Å². The summed E-state index contributed by atoms with van der Waals surface area (Å²) in [6.07, 6.45) is 8.95. The zero-order chi connectivity index (χ0) is 17.5. The molecular weight excluding hydrogens is 377 g/mol. The second kappa shape index (κ2) is 8.33. The Kier molecular flexibility index (Phi) is 5.90. The molecule has 0 aliphatic rings. The molecule has 0 aliphatic heterocycles. The number of hydrogen-bond acceptors (Lipinski definition) is 4. The topological polar surface area (TPSA) is 59.7 Å². The van der Waals surface area contributed by atoms with Crippen molar-refractivity contribution in [3.8, 4) is 11.8 Å². The molecule has 0 aromatic carbocycles. The maximum atomic E-state index is 11.2. The summed E-state index contributed by atoms with van der Waals surface area (Å²) in [5.74, 6) is 6.19. The number of furan rings is 3. The molecule has 3 aromatic rings. The van der Waals surface area contributed by atoms with Gasteiger partial charge in [-0.2, -0.15) is 0 Å². The Labute approximate surface area is 150 Å². The van der Waals surface area contributed by atoms with Crippen molar-refractivity contribution in [2.24, 2.45) is 0 Å². The summed E-state index contributed by atoms with van der Waals surface area (Å²) < 4.78 is 19.4. The van der Waals surface area contributed by atoms with E-state index in [1.54, 1.807) is 18.8 Å². The monoisotopic (exact) mass is 400 g/mol. The Morgan fingerprint density at radius 1 is 0.920 bits per heavy atom. The van der Waals surface area contributed by atoms with E-state index < -0.39 is 18.2 Å². The van der Waals surface area contributed by atoms with Gasteiger partial charge >= 0.3 is 150 Å². The molecule has 1 atom stereocenters. The first-order valence-corrected chi connectivity index (χ1v) is 12.9. The molecule has 0 saturated carbocycles. The quantitative estimate of drug-likeness (QED) is 0.377. The molecule has 5 heteroatoms. The summed E-state index contributed by atoms with van der Waals surface area (Å²) in [6, 6.07) is 11.1. The molecule has 0 amide bonds. The van der Waals surface area contributed by atoms with Crippen LogP contribution in [-0.4, -0.2) is 23.3 Å². The van der Waals surface area contributed by atoms with Gasteiger partial charge in [0.05, 0.1) is 0 Å². The van der Waals surface area contributed by atoms with Crippen LogP contribution in [0.25, 0.3) is 0 Å². The molecule has 0 spiro atoms. The van der Waals surface area contributed by atoms with Crippen LogP contribution < -0.4 is 13.8 Å². The SMILES string of the molecule is CCCCCC#C[CH](O)[Ge]([c]1ccco1)([c]1ccco1)[c]1ccco1. The number of aliphatic hydroxyl groups excluding tert-OH is 1. The van der Waals surface area contributed by atoms with Crippen molar-refractivity contribution >= 4 is 27.0 Å². The summed E-state index contributed by atoms with van der Waals surface area (Å²) >= 11 is -3.73. The molecule has 0 saturated heterocycles. The van der Waals surface area contributed by atoms with E-state index in [4.69, 9.17) is 13.3 Å². The van der Waals surface area contributed by atoms with Gasteiger partial charge in [-0.15, -0.1) is 0 Å². The summed E-state index contributed by atoms with van der Waals surface area (Å²) in [7, 11) is 0.